The molecular weight excluding hydrogens is 372 g/mol. The first-order valence-electron chi connectivity index (χ1n) is 9.36. The highest BCUT2D eigenvalue weighted by Crippen LogP contribution is 2.40. The number of carbonyl (C=O) groups is 1. The van der Waals surface area contributed by atoms with Crippen molar-refractivity contribution in [2.24, 2.45) is 0 Å². The molecule has 144 valence electrons. The van der Waals surface area contributed by atoms with Gasteiger partial charge in [0.25, 0.3) is 0 Å². The molecule has 0 aliphatic heterocycles. The number of hydrogen-bond acceptors (Lipinski definition) is 3. The van der Waals surface area contributed by atoms with Crippen LogP contribution in [0.5, 0.6) is 0 Å². The second-order valence-corrected chi connectivity index (χ2v) is 6.73. The normalized spacial score (nSPS) is 11.2. The van der Waals surface area contributed by atoms with E-state index in [2.05, 4.69) is 36.4 Å². The third-order valence-corrected chi connectivity index (χ3v) is 4.72. The smallest absolute Gasteiger partial charge is 0.403 e. The molecule has 0 radical (unpaired) electrons. The predicted molar refractivity (Wildman–Crippen MR) is 112 cm³/mol. The molecule has 0 aliphatic carbocycles. The Morgan fingerprint density at radius 2 is 1.07 bits per heavy atom. The van der Waals surface area contributed by atoms with Crippen LogP contribution in [0.4, 0.5) is 4.79 Å². The van der Waals surface area contributed by atoms with Crippen LogP contribution in [0.25, 0.3) is 0 Å². The molecular formula is C24H23ClO3. The molecule has 0 N–H and O–H groups in total. The van der Waals surface area contributed by atoms with E-state index in [0.717, 1.165) is 23.1 Å². The van der Waals surface area contributed by atoms with Crippen LogP contribution < -0.4 is 0 Å². The van der Waals surface area contributed by atoms with E-state index in [9.17, 15) is 4.79 Å². The molecule has 0 amide bonds. The number of carbonyl (C=O) groups excluding carboxylic acids is 1. The summed E-state index contributed by atoms with van der Waals surface area (Å²) in [5.74, 6) is 0. The van der Waals surface area contributed by atoms with Crippen LogP contribution in [0.3, 0.4) is 0 Å². The van der Waals surface area contributed by atoms with Crippen LogP contribution in [0.15, 0.2) is 91.0 Å². The van der Waals surface area contributed by atoms with Crippen molar-refractivity contribution < 1.29 is 14.3 Å². The molecule has 0 atom stereocenters. The largest absolute Gasteiger partial charge is 0.454 e. The Morgan fingerprint density at radius 3 is 1.46 bits per heavy atom. The molecule has 0 saturated carbocycles. The Bertz CT molecular complexity index is 754. The van der Waals surface area contributed by atoms with Crippen LogP contribution in [0.1, 0.15) is 29.5 Å². The standard InChI is InChI=1S/C24H23ClO3/c25-23(26)27-18-10-11-19-28-24(20-12-4-1-5-13-20,21-14-6-2-7-15-21)22-16-8-3-9-17-22/h1-9,12-17H,10-11,18-19H2. The summed E-state index contributed by atoms with van der Waals surface area (Å²) in [7, 11) is 0. The van der Waals surface area contributed by atoms with Gasteiger partial charge in [0, 0.05) is 18.2 Å². The monoisotopic (exact) mass is 394 g/mol. The molecule has 28 heavy (non-hydrogen) atoms. The lowest BCUT2D eigenvalue weighted by molar-refractivity contribution is 0.00921. The summed E-state index contributed by atoms with van der Waals surface area (Å²) in [6.45, 7) is 0.805. The fourth-order valence-electron chi connectivity index (χ4n) is 3.35. The molecule has 4 heteroatoms. The van der Waals surface area contributed by atoms with Gasteiger partial charge >= 0.3 is 5.43 Å². The Labute approximate surface area is 170 Å². The average molecular weight is 395 g/mol. The van der Waals surface area contributed by atoms with Gasteiger partial charge in [-0.25, -0.2) is 4.79 Å². The maximum Gasteiger partial charge on any atom is 0.403 e. The van der Waals surface area contributed by atoms with E-state index in [0.29, 0.717) is 19.6 Å². The molecule has 0 fully saturated rings. The predicted octanol–water partition coefficient (Wildman–Crippen LogP) is 6.15. The average Bonchev–Trinajstić information content (AvgIpc) is 2.75. The molecule has 0 heterocycles. The van der Waals surface area contributed by atoms with Crippen molar-refractivity contribution in [1.82, 2.24) is 0 Å². The fraction of sp³-hybridized carbons (Fsp3) is 0.208. The first-order chi connectivity index (χ1) is 13.7. The summed E-state index contributed by atoms with van der Waals surface area (Å²) < 4.78 is 11.4. The highest BCUT2D eigenvalue weighted by atomic mass is 35.5. The SMILES string of the molecule is O=C(Cl)OCCCCOC(c1ccccc1)(c1ccccc1)c1ccccc1. The van der Waals surface area contributed by atoms with Crippen molar-refractivity contribution in [2.75, 3.05) is 13.2 Å². The van der Waals surface area contributed by atoms with Crippen LogP contribution in [-0.4, -0.2) is 18.6 Å². The van der Waals surface area contributed by atoms with Crippen molar-refractivity contribution in [3.63, 3.8) is 0 Å². The van der Waals surface area contributed by atoms with Crippen molar-refractivity contribution in [2.45, 2.75) is 18.4 Å². The minimum absolute atomic E-state index is 0.292. The highest BCUT2D eigenvalue weighted by Gasteiger charge is 2.37. The Morgan fingerprint density at radius 1 is 0.679 bits per heavy atom. The van der Waals surface area contributed by atoms with Crippen LogP contribution in [0, 0.1) is 0 Å². The van der Waals surface area contributed by atoms with E-state index in [1.54, 1.807) is 0 Å². The number of ether oxygens (including phenoxy) is 2. The van der Waals surface area contributed by atoms with Crippen molar-refractivity contribution in [3.8, 4) is 0 Å². The van der Waals surface area contributed by atoms with E-state index in [1.807, 2.05) is 54.6 Å². The molecule has 0 unspecified atom stereocenters. The molecule has 3 aromatic carbocycles. The first-order valence-corrected chi connectivity index (χ1v) is 9.74. The first kappa shape index (κ1) is 20.1. The summed E-state index contributed by atoms with van der Waals surface area (Å²) in [5, 5.41) is 0. The van der Waals surface area contributed by atoms with E-state index >= 15 is 0 Å². The van der Waals surface area contributed by atoms with Crippen molar-refractivity contribution in [3.05, 3.63) is 108 Å². The topological polar surface area (TPSA) is 35.5 Å². The lowest BCUT2D eigenvalue weighted by Crippen LogP contribution is -2.33. The van der Waals surface area contributed by atoms with Gasteiger partial charge in [0.2, 0.25) is 0 Å². The number of unbranched alkanes of at least 4 members (excludes halogenated alkanes) is 1. The molecule has 0 spiro atoms. The summed E-state index contributed by atoms with van der Waals surface area (Å²) in [6, 6.07) is 30.7. The van der Waals surface area contributed by atoms with Crippen LogP contribution in [-0.2, 0) is 15.1 Å². The quantitative estimate of drug-likeness (QED) is 0.248. The van der Waals surface area contributed by atoms with Gasteiger partial charge in [-0.1, -0.05) is 91.0 Å². The Balaban J connectivity index is 1.94. The third-order valence-electron chi connectivity index (χ3n) is 4.61. The molecule has 0 saturated heterocycles. The highest BCUT2D eigenvalue weighted by molar-refractivity contribution is 6.61. The van der Waals surface area contributed by atoms with E-state index < -0.39 is 11.0 Å². The van der Waals surface area contributed by atoms with Crippen molar-refractivity contribution >= 4 is 17.0 Å². The summed E-state index contributed by atoms with van der Waals surface area (Å²) in [5.41, 5.74) is 1.72. The lowest BCUT2D eigenvalue weighted by atomic mass is 9.80. The minimum atomic E-state index is -0.770. The zero-order valence-corrected chi connectivity index (χ0v) is 16.3. The van der Waals surface area contributed by atoms with Gasteiger partial charge in [-0.05, 0) is 29.5 Å². The second-order valence-electron chi connectivity index (χ2n) is 6.42. The van der Waals surface area contributed by atoms with Crippen molar-refractivity contribution in [1.29, 1.82) is 0 Å². The molecule has 3 aromatic rings. The maximum absolute atomic E-state index is 10.7. The summed E-state index contributed by atoms with van der Waals surface area (Å²) in [4.78, 5) is 10.7. The lowest BCUT2D eigenvalue weighted by Gasteiger charge is -2.36. The van der Waals surface area contributed by atoms with Gasteiger partial charge in [0.05, 0.1) is 6.61 Å². The molecule has 3 rings (SSSR count). The van der Waals surface area contributed by atoms with Gasteiger partial charge in [-0.3, -0.25) is 0 Å². The van der Waals surface area contributed by atoms with E-state index in [-0.39, 0.29) is 0 Å². The zero-order chi connectivity index (χ0) is 19.7. The van der Waals surface area contributed by atoms with Gasteiger partial charge in [-0.15, -0.1) is 0 Å². The fourth-order valence-corrected chi connectivity index (χ4v) is 3.43. The third kappa shape index (κ3) is 4.80. The van der Waals surface area contributed by atoms with Gasteiger partial charge in [-0.2, -0.15) is 0 Å². The Hall–Kier alpha value is -2.62. The van der Waals surface area contributed by atoms with E-state index in [4.69, 9.17) is 21.1 Å². The minimum Gasteiger partial charge on any atom is -0.454 e. The Kier molecular flexibility index (Phi) is 7.24. The number of halogens is 1. The summed E-state index contributed by atoms with van der Waals surface area (Å²) >= 11 is 5.21. The number of benzene rings is 3. The van der Waals surface area contributed by atoms with Gasteiger partial charge in [0.15, 0.2) is 0 Å². The van der Waals surface area contributed by atoms with Crippen LogP contribution >= 0.6 is 11.6 Å². The molecule has 0 aliphatic rings. The molecule has 3 nitrogen and oxygen atoms in total. The zero-order valence-electron chi connectivity index (χ0n) is 15.6. The molecule has 0 bridgehead atoms. The van der Waals surface area contributed by atoms with Gasteiger partial charge < -0.3 is 9.47 Å². The van der Waals surface area contributed by atoms with Gasteiger partial charge in [0.1, 0.15) is 5.60 Å². The van der Waals surface area contributed by atoms with E-state index in [1.165, 1.54) is 0 Å². The number of hydrogen-bond donors (Lipinski definition) is 0. The summed E-state index contributed by atoms with van der Waals surface area (Å²) in [6.07, 6.45) is 1.44. The maximum atomic E-state index is 10.7. The van der Waals surface area contributed by atoms with Crippen LogP contribution in [0.2, 0.25) is 0 Å². The second kappa shape index (κ2) is 10.1. The number of rotatable bonds is 9. The molecule has 0 aromatic heterocycles.